The van der Waals surface area contributed by atoms with E-state index in [1.807, 2.05) is 6.92 Å². The van der Waals surface area contributed by atoms with E-state index in [1.54, 1.807) is 18.2 Å². The Hall–Kier alpha value is -1.88. The van der Waals surface area contributed by atoms with Gasteiger partial charge in [0.25, 0.3) is 0 Å². The van der Waals surface area contributed by atoms with Crippen molar-refractivity contribution in [1.82, 2.24) is 5.32 Å². The molecule has 0 saturated carbocycles. The monoisotopic (exact) mass is 290 g/mol. The van der Waals surface area contributed by atoms with Gasteiger partial charge in [-0.1, -0.05) is 11.6 Å². The lowest BCUT2D eigenvalue weighted by atomic mass is 9.93. The van der Waals surface area contributed by atoms with Crippen molar-refractivity contribution < 1.29 is 14.7 Å². The van der Waals surface area contributed by atoms with E-state index in [0.717, 1.165) is 37.9 Å². The van der Waals surface area contributed by atoms with Crippen LogP contribution < -0.4 is 10.6 Å². The van der Waals surface area contributed by atoms with Gasteiger partial charge in [-0.15, -0.1) is 0 Å². The Morgan fingerprint density at radius 1 is 1.33 bits per heavy atom. The zero-order valence-electron chi connectivity index (χ0n) is 12.3. The summed E-state index contributed by atoms with van der Waals surface area (Å²) in [5.74, 6) is -0.541. The Bertz CT molecular complexity index is 522. The molecule has 5 heteroatoms. The van der Waals surface area contributed by atoms with E-state index in [0.29, 0.717) is 18.0 Å². The van der Waals surface area contributed by atoms with Crippen LogP contribution in [0, 0.1) is 12.8 Å². The van der Waals surface area contributed by atoms with Crippen LogP contribution in [0.1, 0.15) is 41.6 Å². The molecule has 1 saturated heterocycles. The molecule has 1 aromatic rings. The zero-order chi connectivity index (χ0) is 15.2. The predicted molar refractivity (Wildman–Crippen MR) is 81.6 cm³/mol. The van der Waals surface area contributed by atoms with Crippen molar-refractivity contribution in [3.63, 3.8) is 0 Å². The van der Waals surface area contributed by atoms with E-state index in [1.165, 1.54) is 0 Å². The number of carboxylic acid groups (broad SMARTS) is 1. The van der Waals surface area contributed by atoms with Crippen molar-refractivity contribution in [3.05, 3.63) is 29.3 Å². The highest BCUT2D eigenvalue weighted by Gasteiger charge is 2.16. The van der Waals surface area contributed by atoms with Gasteiger partial charge in [0.15, 0.2) is 0 Å². The first-order valence-electron chi connectivity index (χ1n) is 7.41. The molecule has 0 aromatic heterocycles. The molecular weight excluding hydrogens is 268 g/mol. The lowest BCUT2D eigenvalue weighted by molar-refractivity contribution is -0.116. The van der Waals surface area contributed by atoms with Gasteiger partial charge in [0.2, 0.25) is 5.91 Å². The summed E-state index contributed by atoms with van der Waals surface area (Å²) in [5, 5.41) is 15.2. The zero-order valence-corrected chi connectivity index (χ0v) is 12.3. The summed E-state index contributed by atoms with van der Waals surface area (Å²) in [4.78, 5) is 23.2. The van der Waals surface area contributed by atoms with Crippen molar-refractivity contribution >= 4 is 17.6 Å². The Labute approximate surface area is 124 Å². The largest absolute Gasteiger partial charge is 0.478 e. The lowest BCUT2D eigenvalue weighted by Gasteiger charge is -2.22. The maximum atomic E-state index is 12.0. The average Bonchev–Trinajstić information content (AvgIpc) is 2.48. The lowest BCUT2D eigenvalue weighted by Crippen LogP contribution is -2.28. The van der Waals surface area contributed by atoms with Crippen LogP contribution in [0.5, 0.6) is 0 Å². The van der Waals surface area contributed by atoms with E-state index >= 15 is 0 Å². The number of benzene rings is 1. The van der Waals surface area contributed by atoms with Gasteiger partial charge in [-0.2, -0.15) is 0 Å². The normalized spacial score (nSPS) is 15.7. The number of piperidine rings is 1. The second kappa shape index (κ2) is 7.22. The molecule has 114 valence electrons. The molecule has 3 N–H and O–H groups in total. The molecule has 0 bridgehead atoms. The number of aromatic carboxylic acids is 1. The maximum Gasteiger partial charge on any atom is 0.337 e. The Morgan fingerprint density at radius 2 is 2.05 bits per heavy atom. The SMILES string of the molecule is Cc1ccc(NC(=O)CCC2CCNCC2)c(C(=O)O)c1. The predicted octanol–water partition coefficient (Wildman–Crippen LogP) is 2.41. The van der Waals surface area contributed by atoms with Gasteiger partial charge in [-0.3, -0.25) is 4.79 Å². The van der Waals surface area contributed by atoms with Gasteiger partial charge in [0.05, 0.1) is 11.3 Å². The van der Waals surface area contributed by atoms with Gasteiger partial charge >= 0.3 is 5.97 Å². The van der Waals surface area contributed by atoms with Crippen molar-refractivity contribution in [3.8, 4) is 0 Å². The van der Waals surface area contributed by atoms with Crippen LogP contribution in [0.15, 0.2) is 18.2 Å². The van der Waals surface area contributed by atoms with Crippen LogP contribution >= 0.6 is 0 Å². The summed E-state index contributed by atoms with van der Waals surface area (Å²) in [6.07, 6.45) is 3.52. The summed E-state index contributed by atoms with van der Waals surface area (Å²) in [6.45, 7) is 3.87. The molecule has 1 aromatic carbocycles. The van der Waals surface area contributed by atoms with Crippen LogP contribution in [0.2, 0.25) is 0 Å². The number of hydrogen-bond acceptors (Lipinski definition) is 3. The molecule has 0 atom stereocenters. The fourth-order valence-electron chi connectivity index (χ4n) is 2.66. The summed E-state index contributed by atoms with van der Waals surface area (Å²) >= 11 is 0. The Kier molecular flexibility index (Phi) is 5.33. The number of anilines is 1. The van der Waals surface area contributed by atoms with Crippen LogP contribution in [0.3, 0.4) is 0 Å². The molecular formula is C16H22N2O3. The molecule has 0 aliphatic carbocycles. The van der Waals surface area contributed by atoms with Gasteiger partial charge in [-0.25, -0.2) is 4.79 Å². The minimum atomic E-state index is -1.02. The van der Waals surface area contributed by atoms with E-state index < -0.39 is 5.97 Å². The van der Waals surface area contributed by atoms with E-state index in [2.05, 4.69) is 10.6 Å². The molecule has 1 aliphatic rings. The quantitative estimate of drug-likeness (QED) is 0.778. The van der Waals surface area contributed by atoms with Gasteiger partial charge in [0, 0.05) is 6.42 Å². The smallest absolute Gasteiger partial charge is 0.337 e. The van der Waals surface area contributed by atoms with Crippen LogP contribution in [-0.2, 0) is 4.79 Å². The molecule has 1 amide bonds. The number of nitrogens with one attached hydrogen (secondary N) is 2. The highest BCUT2D eigenvalue weighted by atomic mass is 16.4. The van der Waals surface area contributed by atoms with Crippen LogP contribution in [-0.4, -0.2) is 30.1 Å². The third kappa shape index (κ3) is 4.56. The highest BCUT2D eigenvalue weighted by molar-refractivity contribution is 6.00. The van der Waals surface area contributed by atoms with Crippen molar-refractivity contribution in [1.29, 1.82) is 0 Å². The third-order valence-corrected chi connectivity index (χ3v) is 3.92. The molecule has 21 heavy (non-hydrogen) atoms. The number of amides is 1. The second-order valence-electron chi connectivity index (χ2n) is 5.63. The van der Waals surface area contributed by atoms with Gasteiger partial charge < -0.3 is 15.7 Å². The topological polar surface area (TPSA) is 78.4 Å². The first-order valence-corrected chi connectivity index (χ1v) is 7.41. The average molecular weight is 290 g/mol. The molecule has 5 nitrogen and oxygen atoms in total. The number of carboxylic acids is 1. The summed E-state index contributed by atoms with van der Waals surface area (Å²) in [5.41, 5.74) is 1.38. The fraction of sp³-hybridized carbons (Fsp3) is 0.500. The first kappa shape index (κ1) is 15.5. The number of aryl methyl sites for hydroxylation is 1. The molecule has 2 rings (SSSR count). The molecule has 1 aliphatic heterocycles. The fourth-order valence-corrected chi connectivity index (χ4v) is 2.66. The number of rotatable bonds is 5. The minimum absolute atomic E-state index is 0.111. The number of carbonyl (C=O) groups excluding carboxylic acids is 1. The third-order valence-electron chi connectivity index (χ3n) is 3.92. The van der Waals surface area contributed by atoms with Gasteiger partial charge in [-0.05, 0) is 57.3 Å². The maximum absolute atomic E-state index is 12.0. The Balaban J connectivity index is 1.91. The minimum Gasteiger partial charge on any atom is -0.478 e. The number of hydrogen-bond donors (Lipinski definition) is 3. The van der Waals surface area contributed by atoms with E-state index in [4.69, 9.17) is 0 Å². The van der Waals surface area contributed by atoms with E-state index in [-0.39, 0.29) is 11.5 Å². The standard InChI is InChI=1S/C16H22N2O3/c1-11-2-4-14(13(10-11)16(20)21)18-15(19)5-3-12-6-8-17-9-7-12/h2,4,10,12,17H,3,5-9H2,1H3,(H,18,19)(H,20,21). The molecule has 0 unspecified atom stereocenters. The summed E-state index contributed by atoms with van der Waals surface area (Å²) in [7, 11) is 0. The Morgan fingerprint density at radius 3 is 2.71 bits per heavy atom. The van der Waals surface area contributed by atoms with Gasteiger partial charge in [0.1, 0.15) is 0 Å². The summed E-state index contributed by atoms with van der Waals surface area (Å²) in [6, 6.07) is 5.03. The van der Waals surface area contributed by atoms with Crippen molar-refractivity contribution in [2.75, 3.05) is 18.4 Å². The van der Waals surface area contributed by atoms with Crippen LogP contribution in [0.25, 0.3) is 0 Å². The first-order chi connectivity index (χ1) is 10.1. The summed E-state index contributed by atoms with van der Waals surface area (Å²) < 4.78 is 0. The number of carbonyl (C=O) groups is 2. The van der Waals surface area contributed by atoms with Crippen molar-refractivity contribution in [2.45, 2.75) is 32.6 Å². The molecule has 1 fully saturated rings. The van der Waals surface area contributed by atoms with Crippen molar-refractivity contribution in [2.24, 2.45) is 5.92 Å². The molecule has 0 spiro atoms. The van der Waals surface area contributed by atoms with Crippen LogP contribution in [0.4, 0.5) is 5.69 Å². The molecule has 1 heterocycles. The highest BCUT2D eigenvalue weighted by Crippen LogP contribution is 2.20. The molecule has 0 radical (unpaired) electrons. The second-order valence-corrected chi connectivity index (χ2v) is 5.63. The van der Waals surface area contributed by atoms with E-state index in [9.17, 15) is 14.7 Å².